The molecule has 1 N–H and O–H groups in total. The Morgan fingerprint density at radius 2 is 1.64 bits per heavy atom. The summed E-state index contributed by atoms with van der Waals surface area (Å²) in [6.07, 6.45) is 1.85. The number of rotatable bonds is 9. The molecular formula is C23H30O4S. The molecule has 0 amide bonds. The lowest BCUT2D eigenvalue weighted by molar-refractivity contribution is 0.221. The Morgan fingerprint density at radius 3 is 2.14 bits per heavy atom. The first-order valence-corrected chi connectivity index (χ1v) is 11.2. The predicted octanol–water partition coefficient (Wildman–Crippen LogP) is 5.37. The van der Waals surface area contributed by atoms with E-state index in [-0.39, 0.29) is 9.80 Å². The van der Waals surface area contributed by atoms with Gasteiger partial charge in [-0.2, -0.15) is 0 Å². The number of methoxy groups -OCH3 is 1. The topological polar surface area (TPSA) is 63.6 Å². The molecule has 0 saturated carbocycles. The number of hydrogen-bond donors (Lipinski definition) is 1. The van der Waals surface area contributed by atoms with Crippen molar-refractivity contribution >= 4 is 9.84 Å². The van der Waals surface area contributed by atoms with Crippen molar-refractivity contribution in [2.75, 3.05) is 7.11 Å². The van der Waals surface area contributed by atoms with Gasteiger partial charge in [0.25, 0.3) is 0 Å². The van der Waals surface area contributed by atoms with Gasteiger partial charge in [0, 0.05) is 0 Å². The van der Waals surface area contributed by atoms with E-state index in [4.69, 9.17) is 4.74 Å². The Balaban J connectivity index is 2.61. The average molecular weight is 403 g/mol. The van der Waals surface area contributed by atoms with Crippen LogP contribution in [0.25, 0.3) is 0 Å². The number of benzene rings is 2. The minimum Gasteiger partial charge on any atom is -0.497 e. The molecule has 2 rings (SSSR count). The van der Waals surface area contributed by atoms with E-state index in [1.165, 1.54) is 0 Å². The van der Waals surface area contributed by atoms with Crippen LogP contribution in [0.15, 0.2) is 63.9 Å². The van der Waals surface area contributed by atoms with Crippen LogP contribution in [0.3, 0.4) is 0 Å². The van der Waals surface area contributed by atoms with Gasteiger partial charge in [0.1, 0.15) is 11.9 Å². The van der Waals surface area contributed by atoms with E-state index in [0.29, 0.717) is 24.2 Å². The minimum absolute atomic E-state index is 0.109. The summed E-state index contributed by atoms with van der Waals surface area (Å²) in [5, 5.41) is 11.1. The zero-order valence-corrected chi connectivity index (χ0v) is 17.9. The molecule has 1 atom stereocenters. The van der Waals surface area contributed by atoms with Gasteiger partial charge in [-0.05, 0) is 56.0 Å². The molecule has 0 radical (unpaired) electrons. The quantitative estimate of drug-likeness (QED) is 0.613. The van der Waals surface area contributed by atoms with Crippen LogP contribution in [0, 0.1) is 6.92 Å². The second-order valence-electron chi connectivity index (χ2n) is 6.92. The maximum Gasteiger partial charge on any atom is 0.205 e. The second kappa shape index (κ2) is 9.89. The summed E-state index contributed by atoms with van der Waals surface area (Å²) in [5.41, 5.74) is 2.31. The average Bonchev–Trinajstić information content (AvgIpc) is 2.70. The molecule has 152 valence electrons. The third-order valence-corrected chi connectivity index (χ3v) is 6.89. The molecule has 4 nitrogen and oxygen atoms in total. The van der Waals surface area contributed by atoms with Gasteiger partial charge in [0.2, 0.25) is 9.84 Å². The molecular weight excluding hydrogens is 372 g/mol. The molecule has 2 aromatic rings. The van der Waals surface area contributed by atoms with E-state index in [1.54, 1.807) is 55.6 Å². The Hall–Kier alpha value is -2.11. The Kier molecular flexibility index (Phi) is 7.84. The highest BCUT2D eigenvalue weighted by molar-refractivity contribution is 7.95. The van der Waals surface area contributed by atoms with Gasteiger partial charge in [-0.1, -0.05) is 55.7 Å². The summed E-state index contributed by atoms with van der Waals surface area (Å²) in [6, 6.07) is 13.7. The highest BCUT2D eigenvalue weighted by Gasteiger charge is 2.30. The summed E-state index contributed by atoms with van der Waals surface area (Å²) in [5.74, 6) is 0.657. The van der Waals surface area contributed by atoms with Gasteiger partial charge < -0.3 is 9.84 Å². The van der Waals surface area contributed by atoms with E-state index in [1.807, 2.05) is 13.8 Å². The van der Waals surface area contributed by atoms with Gasteiger partial charge in [-0.15, -0.1) is 0 Å². The maximum atomic E-state index is 13.5. The van der Waals surface area contributed by atoms with Crippen LogP contribution in [0.1, 0.15) is 56.8 Å². The largest absolute Gasteiger partial charge is 0.497 e. The number of allylic oxidation sites excluding steroid dienone is 1. The SMILES string of the molecule is CCCC/C(CC)=C(/C(O)c1ccc(OC)cc1)S(=O)(=O)c1ccc(C)cc1. The molecule has 0 aromatic heterocycles. The lowest BCUT2D eigenvalue weighted by Crippen LogP contribution is -2.16. The third-order valence-electron chi connectivity index (χ3n) is 4.91. The van der Waals surface area contributed by atoms with Crippen molar-refractivity contribution in [3.8, 4) is 5.75 Å². The number of hydrogen-bond acceptors (Lipinski definition) is 4. The summed E-state index contributed by atoms with van der Waals surface area (Å²) in [7, 11) is -2.26. The monoisotopic (exact) mass is 402 g/mol. The smallest absolute Gasteiger partial charge is 0.205 e. The summed E-state index contributed by atoms with van der Waals surface area (Å²) < 4.78 is 32.2. The van der Waals surface area contributed by atoms with E-state index < -0.39 is 15.9 Å². The maximum absolute atomic E-state index is 13.5. The van der Waals surface area contributed by atoms with E-state index in [2.05, 4.69) is 6.92 Å². The molecule has 2 aromatic carbocycles. The van der Waals surface area contributed by atoms with Crippen molar-refractivity contribution in [1.82, 2.24) is 0 Å². The summed E-state index contributed by atoms with van der Waals surface area (Å²) in [4.78, 5) is 0.320. The van der Waals surface area contributed by atoms with Crippen LogP contribution in [-0.4, -0.2) is 20.6 Å². The normalized spacial score (nSPS) is 13.8. The molecule has 28 heavy (non-hydrogen) atoms. The highest BCUT2D eigenvalue weighted by Crippen LogP contribution is 2.36. The molecule has 0 aliphatic heterocycles. The molecule has 1 unspecified atom stereocenters. The van der Waals surface area contributed by atoms with Gasteiger partial charge in [0.05, 0.1) is 16.9 Å². The molecule has 0 spiro atoms. The van der Waals surface area contributed by atoms with Crippen LogP contribution in [0.5, 0.6) is 5.75 Å². The fourth-order valence-electron chi connectivity index (χ4n) is 3.18. The zero-order chi connectivity index (χ0) is 20.7. The lowest BCUT2D eigenvalue weighted by atomic mass is 10.0. The van der Waals surface area contributed by atoms with Gasteiger partial charge >= 0.3 is 0 Å². The molecule has 5 heteroatoms. The first-order chi connectivity index (χ1) is 13.3. The van der Waals surface area contributed by atoms with Gasteiger partial charge in [-0.25, -0.2) is 8.42 Å². The highest BCUT2D eigenvalue weighted by atomic mass is 32.2. The van der Waals surface area contributed by atoms with Gasteiger partial charge in [-0.3, -0.25) is 0 Å². The van der Waals surface area contributed by atoms with Crippen molar-refractivity contribution in [2.45, 2.75) is 57.5 Å². The van der Waals surface area contributed by atoms with Crippen LogP contribution < -0.4 is 4.74 Å². The van der Waals surface area contributed by atoms with Crippen LogP contribution in [0.2, 0.25) is 0 Å². The standard InChI is InChI=1S/C23H30O4S/c1-5-7-8-18(6-2)23(22(24)19-11-13-20(27-4)14-12-19)28(25,26)21-15-9-17(3)10-16-21/h9-16,22,24H,5-8H2,1-4H3/b23-18-. The minimum atomic E-state index is -3.82. The van der Waals surface area contributed by atoms with Crippen molar-refractivity contribution in [1.29, 1.82) is 0 Å². The molecule has 0 heterocycles. The number of ether oxygens (including phenoxy) is 1. The van der Waals surface area contributed by atoms with Crippen LogP contribution in [-0.2, 0) is 9.84 Å². The van der Waals surface area contributed by atoms with E-state index in [0.717, 1.165) is 24.0 Å². The number of sulfone groups is 1. The number of aliphatic hydroxyl groups excluding tert-OH is 1. The first kappa shape index (κ1) is 22.2. The van der Waals surface area contributed by atoms with Crippen LogP contribution in [0.4, 0.5) is 0 Å². The van der Waals surface area contributed by atoms with Crippen molar-refractivity contribution in [2.24, 2.45) is 0 Å². The second-order valence-corrected chi connectivity index (χ2v) is 8.84. The van der Waals surface area contributed by atoms with Crippen molar-refractivity contribution in [3.05, 3.63) is 70.1 Å². The number of aliphatic hydroxyl groups is 1. The summed E-state index contributed by atoms with van der Waals surface area (Å²) in [6.45, 7) is 5.93. The van der Waals surface area contributed by atoms with Crippen molar-refractivity contribution in [3.63, 3.8) is 0 Å². The van der Waals surface area contributed by atoms with Crippen molar-refractivity contribution < 1.29 is 18.3 Å². The Labute approximate surface area is 168 Å². The third kappa shape index (κ3) is 5.03. The van der Waals surface area contributed by atoms with E-state index >= 15 is 0 Å². The molecule has 0 bridgehead atoms. The first-order valence-electron chi connectivity index (χ1n) is 9.70. The molecule has 0 aliphatic rings. The lowest BCUT2D eigenvalue weighted by Gasteiger charge is -2.21. The molecule has 0 saturated heterocycles. The van der Waals surface area contributed by atoms with Crippen LogP contribution >= 0.6 is 0 Å². The van der Waals surface area contributed by atoms with E-state index in [9.17, 15) is 13.5 Å². The number of unbranched alkanes of at least 4 members (excludes halogenated alkanes) is 1. The molecule has 0 fully saturated rings. The fourth-order valence-corrected chi connectivity index (χ4v) is 4.98. The predicted molar refractivity (Wildman–Crippen MR) is 113 cm³/mol. The van der Waals surface area contributed by atoms with Gasteiger partial charge in [0.15, 0.2) is 0 Å². The summed E-state index contributed by atoms with van der Waals surface area (Å²) >= 11 is 0. The Bertz CT molecular complexity index is 895. The number of aryl methyl sites for hydroxylation is 1. The fraction of sp³-hybridized carbons (Fsp3) is 0.391. The molecule has 0 aliphatic carbocycles. The Morgan fingerprint density at radius 1 is 1.04 bits per heavy atom. The zero-order valence-electron chi connectivity index (χ0n) is 17.1.